The zero-order chi connectivity index (χ0) is 24.1. The van der Waals surface area contributed by atoms with Gasteiger partial charge in [-0.3, -0.25) is 9.59 Å². The number of aromatic nitrogens is 1. The van der Waals surface area contributed by atoms with Gasteiger partial charge in [0.15, 0.2) is 5.81 Å². The molecule has 170 valence electrons. The molecule has 4 N–H and O–H groups in total. The SMILES string of the molecule is BC(=O)N/C(=N\C(=O)c1c(-c2ccc(OC)cc2)nsc1C)NCc1cc(C)c(N)c(Cl)c1. The Labute approximate surface area is 201 Å². The van der Waals surface area contributed by atoms with Crippen molar-refractivity contribution in [3.8, 4) is 17.0 Å². The molecule has 0 atom stereocenters. The first kappa shape index (κ1) is 24.3. The number of hydrogen-bond donors (Lipinski definition) is 3. The van der Waals surface area contributed by atoms with Gasteiger partial charge in [-0.25, -0.2) is 0 Å². The number of amides is 2. The van der Waals surface area contributed by atoms with Gasteiger partial charge in [-0.15, -0.1) is 0 Å². The zero-order valence-electron chi connectivity index (χ0n) is 18.7. The Balaban J connectivity index is 1.88. The van der Waals surface area contributed by atoms with E-state index >= 15 is 0 Å². The summed E-state index contributed by atoms with van der Waals surface area (Å²) in [6.07, 6.45) is 0. The molecule has 0 spiro atoms. The third kappa shape index (κ3) is 5.91. The lowest BCUT2D eigenvalue weighted by atomic mass is 10.1. The van der Waals surface area contributed by atoms with Crippen molar-refractivity contribution in [1.29, 1.82) is 0 Å². The lowest BCUT2D eigenvalue weighted by molar-refractivity contribution is 0.100. The van der Waals surface area contributed by atoms with Gasteiger partial charge >= 0.3 is 0 Å². The summed E-state index contributed by atoms with van der Waals surface area (Å²) in [6, 6.07) is 10.8. The van der Waals surface area contributed by atoms with Crippen molar-refractivity contribution >= 4 is 54.3 Å². The quantitative estimate of drug-likeness (QED) is 0.222. The maximum absolute atomic E-state index is 13.1. The maximum atomic E-state index is 13.1. The third-order valence-electron chi connectivity index (χ3n) is 4.80. The number of guanidine groups is 1. The number of aryl methyl sites for hydroxylation is 2. The van der Waals surface area contributed by atoms with Gasteiger partial charge in [0.2, 0.25) is 13.8 Å². The molecule has 0 aliphatic rings. The number of nitrogens with zero attached hydrogens (tertiary/aromatic N) is 2. The molecule has 33 heavy (non-hydrogen) atoms. The van der Waals surface area contributed by atoms with Crippen LogP contribution in [0.2, 0.25) is 5.02 Å². The minimum absolute atomic E-state index is 0.0318. The molecule has 8 nitrogen and oxygen atoms in total. The number of halogens is 1. The lowest BCUT2D eigenvalue weighted by Crippen LogP contribution is -2.40. The number of aliphatic imine (C=N–C) groups is 1. The van der Waals surface area contributed by atoms with Crippen molar-refractivity contribution in [2.75, 3.05) is 12.8 Å². The average Bonchev–Trinajstić information content (AvgIpc) is 3.16. The molecule has 2 amide bonds. The molecular formula is C22H23BClN5O3S. The van der Waals surface area contributed by atoms with E-state index < -0.39 is 5.91 Å². The number of benzene rings is 2. The minimum atomic E-state index is -0.519. The number of carbonyl (C=O) groups is 2. The van der Waals surface area contributed by atoms with Crippen molar-refractivity contribution in [2.45, 2.75) is 20.4 Å². The van der Waals surface area contributed by atoms with Crippen LogP contribution < -0.4 is 21.1 Å². The van der Waals surface area contributed by atoms with Crippen molar-refractivity contribution in [1.82, 2.24) is 15.0 Å². The maximum Gasteiger partial charge on any atom is 0.283 e. The Morgan fingerprint density at radius 3 is 2.55 bits per heavy atom. The molecular weight excluding hydrogens is 461 g/mol. The number of methoxy groups -OCH3 is 1. The molecule has 11 heteroatoms. The summed E-state index contributed by atoms with van der Waals surface area (Å²) in [5.74, 6) is -0.151. The van der Waals surface area contributed by atoms with E-state index in [9.17, 15) is 9.59 Å². The van der Waals surface area contributed by atoms with Gasteiger partial charge in [-0.1, -0.05) is 17.7 Å². The molecule has 0 aliphatic carbocycles. The summed E-state index contributed by atoms with van der Waals surface area (Å²) in [7, 11) is 2.92. The molecule has 0 radical (unpaired) electrons. The predicted octanol–water partition coefficient (Wildman–Crippen LogP) is 3.30. The van der Waals surface area contributed by atoms with E-state index in [1.54, 1.807) is 32.2 Å². The van der Waals surface area contributed by atoms with Gasteiger partial charge in [0.1, 0.15) is 5.75 Å². The topological polar surface area (TPSA) is 119 Å². The number of anilines is 1. The highest BCUT2D eigenvalue weighted by molar-refractivity contribution is 7.06. The summed E-state index contributed by atoms with van der Waals surface area (Å²) in [6.45, 7) is 3.93. The first-order valence-electron chi connectivity index (χ1n) is 9.99. The lowest BCUT2D eigenvalue weighted by Gasteiger charge is -2.12. The van der Waals surface area contributed by atoms with Gasteiger partial charge in [0.05, 0.1) is 29.1 Å². The molecule has 0 fully saturated rings. The fourth-order valence-electron chi connectivity index (χ4n) is 3.12. The number of hydrogen-bond acceptors (Lipinski definition) is 6. The second kappa shape index (κ2) is 10.5. The highest BCUT2D eigenvalue weighted by Gasteiger charge is 2.20. The van der Waals surface area contributed by atoms with Gasteiger partial charge in [0.25, 0.3) is 5.91 Å². The Morgan fingerprint density at radius 2 is 1.94 bits per heavy atom. The summed E-state index contributed by atoms with van der Waals surface area (Å²) in [4.78, 5) is 29.7. The molecule has 1 aromatic heterocycles. The van der Waals surface area contributed by atoms with Crippen LogP contribution in [0.25, 0.3) is 11.3 Å². The Bertz CT molecular complexity index is 1200. The highest BCUT2D eigenvalue weighted by atomic mass is 35.5. The monoisotopic (exact) mass is 483 g/mol. The molecule has 1 heterocycles. The molecule has 0 saturated heterocycles. The summed E-state index contributed by atoms with van der Waals surface area (Å²) < 4.78 is 9.62. The minimum Gasteiger partial charge on any atom is -0.497 e. The van der Waals surface area contributed by atoms with Crippen LogP contribution in [0.4, 0.5) is 10.5 Å². The van der Waals surface area contributed by atoms with Crippen LogP contribution in [0.5, 0.6) is 5.75 Å². The largest absolute Gasteiger partial charge is 0.497 e. The standard InChI is InChI=1S/C22H23BClN5O3S/c1-11-8-13(9-16(24)18(11)25)10-26-22(28-21(23)31)27-20(30)17-12(2)33-29-19(17)14-4-6-15(32-3)7-5-14/h4-9H,10,23,25H2,1-3H3,(H2,26,27,28,30,31). The highest BCUT2D eigenvalue weighted by Crippen LogP contribution is 2.30. The fraction of sp³-hybridized carbons (Fsp3) is 0.182. The Morgan fingerprint density at radius 1 is 1.24 bits per heavy atom. The first-order valence-corrected chi connectivity index (χ1v) is 11.1. The molecule has 0 aliphatic heterocycles. The number of nitrogens with one attached hydrogen (secondary N) is 2. The van der Waals surface area contributed by atoms with Crippen LogP contribution in [0.1, 0.15) is 26.4 Å². The number of nitrogen functional groups attached to an aromatic ring is 1. The second-order valence-electron chi connectivity index (χ2n) is 7.30. The van der Waals surface area contributed by atoms with Crippen LogP contribution in [0.15, 0.2) is 41.4 Å². The molecule has 0 unspecified atom stereocenters. The number of ether oxygens (including phenoxy) is 1. The van der Waals surface area contributed by atoms with E-state index in [1.807, 2.05) is 25.1 Å². The number of rotatable bonds is 5. The van der Waals surface area contributed by atoms with E-state index in [-0.39, 0.29) is 18.3 Å². The van der Waals surface area contributed by atoms with Gasteiger partial charge < -0.3 is 21.1 Å². The number of nitrogens with two attached hydrogens (primary N) is 1. The van der Waals surface area contributed by atoms with E-state index in [1.165, 1.54) is 19.4 Å². The predicted molar refractivity (Wildman–Crippen MR) is 135 cm³/mol. The summed E-state index contributed by atoms with van der Waals surface area (Å²) in [5, 5.41) is 5.99. The Kier molecular flexibility index (Phi) is 7.73. The smallest absolute Gasteiger partial charge is 0.283 e. The van der Waals surface area contributed by atoms with Crippen LogP contribution >= 0.6 is 23.1 Å². The van der Waals surface area contributed by atoms with E-state index in [0.717, 1.165) is 21.6 Å². The normalized spacial score (nSPS) is 11.2. The molecule has 0 saturated carbocycles. The van der Waals surface area contributed by atoms with E-state index in [4.69, 9.17) is 22.1 Å². The van der Waals surface area contributed by atoms with Gasteiger partial charge in [-0.05, 0) is 66.8 Å². The number of carbonyl (C=O) groups excluding carboxylic acids is 2. The third-order valence-corrected chi connectivity index (χ3v) is 5.87. The van der Waals surface area contributed by atoms with Crippen molar-refractivity contribution in [3.63, 3.8) is 0 Å². The Hall–Kier alpha value is -3.37. The van der Waals surface area contributed by atoms with Gasteiger partial charge in [-0.2, -0.15) is 9.37 Å². The van der Waals surface area contributed by atoms with Crippen LogP contribution in [0, 0.1) is 13.8 Å². The molecule has 0 bridgehead atoms. The summed E-state index contributed by atoms with van der Waals surface area (Å²) >= 11 is 7.38. The van der Waals surface area contributed by atoms with Crippen LogP contribution in [-0.2, 0) is 6.54 Å². The van der Waals surface area contributed by atoms with Crippen molar-refractivity contribution in [3.05, 3.63) is 63.0 Å². The van der Waals surface area contributed by atoms with Crippen LogP contribution in [0.3, 0.4) is 0 Å². The summed E-state index contributed by atoms with van der Waals surface area (Å²) in [5.41, 5.74) is 9.73. The van der Waals surface area contributed by atoms with Crippen molar-refractivity contribution in [2.24, 2.45) is 4.99 Å². The van der Waals surface area contributed by atoms with Crippen molar-refractivity contribution < 1.29 is 14.3 Å². The second-order valence-corrected chi connectivity index (χ2v) is 8.68. The average molecular weight is 484 g/mol. The molecule has 3 aromatic rings. The molecule has 3 rings (SSSR count). The molecule has 2 aromatic carbocycles. The van der Waals surface area contributed by atoms with Crippen LogP contribution in [-0.4, -0.2) is 37.0 Å². The fourth-order valence-corrected chi connectivity index (χ4v) is 4.11. The zero-order valence-corrected chi connectivity index (χ0v) is 20.2. The van der Waals surface area contributed by atoms with E-state index in [0.29, 0.717) is 27.7 Å². The first-order chi connectivity index (χ1) is 15.7. The van der Waals surface area contributed by atoms with Gasteiger partial charge in [0, 0.05) is 17.0 Å². The van der Waals surface area contributed by atoms with E-state index in [2.05, 4.69) is 20.0 Å².